The first-order valence-electron chi connectivity index (χ1n) is 7.16. The molecule has 1 N–H and O–H groups in total. The van der Waals surface area contributed by atoms with E-state index in [2.05, 4.69) is 31.1 Å². The first kappa shape index (κ1) is 16.5. The molecule has 4 heteroatoms. The molecule has 0 unspecified atom stereocenters. The van der Waals surface area contributed by atoms with Gasteiger partial charge in [-0.15, -0.1) is 0 Å². The largest absolute Gasteiger partial charge is 0.497 e. The van der Waals surface area contributed by atoms with E-state index >= 15 is 0 Å². The summed E-state index contributed by atoms with van der Waals surface area (Å²) in [5.74, 6) is 0.872. The number of nitrogens with one attached hydrogen (secondary N) is 1. The number of nitrogens with zero attached hydrogens (tertiary/aromatic N) is 1. The minimum absolute atomic E-state index is 0.0627. The van der Waals surface area contributed by atoms with Crippen molar-refractivity contribution < 1.29 is 9.53 Å². The van der Waals surface area contributed by atoms with E-state index in [-0.39, 0.29) is 5.91 Å². The van der Waals surface area contributed by atoms with Gasteiger partial charge in [0.05, 0.1) is 13.5 Å². The van der Waals surface area contributed by atoms with Crippen molar-refractivity contribution in [1.29, 1.82) is 0 Å². The number of carbonyl (C=O) groups excluding carboxylic acids is 1. The summed E-state index contributed by atoms with van der Waals surface area (Å²) in [5, 5.41) is 2.96. The lowest BCUT2D eigenvalue weighted by Crippen LogP contribution is -2.37. The van der Waals surface area contributed by atoms with Crippen LogP contribution in [0.5, 0.6) is 5.75 Å². The summed E-state index contributed by atoms with van der Waals surface area (Å²) >= 11 is 0. The molecule has 0 saturated carbocycles. The number of rotatable bonds is 8. The van der Waals surface area contributed by atoms with Crippen LogP contribution < -0.4 is 10.1 Å². The Bertz CT molecular complexity index is 403. The van der Waals surface area contributed by atoms with Crippen LogP contribution >= 0.6 is 0 Å². The Balaban J connectivity index is 2.29. The smallest absolute Gasteiger partial charge is 0.224 e. The van der Waals surface area contributed by atoms with Crippen LogP contribution in [0.15, 0.2) is 24.3 Å². The SMILES string of the molecule is CC[C@@H](C)N(C)CCNC(=O)Cc1ccc(OC)cc1. The minimum Gasteiger partial charge on any atom is -0.497 e. The van der Waals surface area contributed by atoms with Gasteiger partial charge in [0.15, 0.2) is 0 Å². The summed E-state index contributed by atoms with van der Waals surface area (Å²) in [5.41, 5.74) is 0.999. The van der Waals surface area contributed by atoms with E-state index in [4.69, 9.17) is 4.74 Å². The first-order chi connectivity index (χ1) is 9.56. The van der Waals surface area contributed by atoms with Gasteiger partial charge in [-0.25, -0.2) is 0 Å². The molecular formula is C16H26N2O2. The monoisotopic (exact) mass is 278 g/mol. The minimum atomic E-state index is 0.0627. The predicted molar refractivity (Wildman–Crippen MR) is 82.1 cm³/mol. The molecule has 0 aromatic heterocycles. The van der Waals surface area contributed by atoms with E-state index in [1.54, 1.807) is 7.11 Å². The highest BCUT2D eigenvalue weighted by Gasteiger charge is 2.07. The van der Waals surface area contributed by atoms with Crippen molar-refractivity contribution in [2.45, 2.75) is 32.7 Å². The molecule has 20 heavy (non-hydrogen) atoms. The molecule has 4 nitrogen and oxygen atoms in total. The molecule has 0 saturated heterocycles. The van der Waals surface area contributed by atoms with Gasteiger partial charge >= 0.3 is 0 Å². The van der Waals surface area contributed by atoms with Crippen molar-refractivity contribution in [2.24, 2.45) is 0 Å². The average Bonchev–Trinajstić information content (AvgIpc) is 2.47. The van der Waals surface area contributed by atoms with Gasteiger partial charge < -0.3 is 15.0 Å². The molecule has 0 radical (unpaired) electrons. The number of benzene rings is 1. The third kappa shape index (κ3) is 5.61. The number of hydrogen-bond donors (Lipinski definition) is 1. The van der Waals surface area contributed by atoms with Crippen molar-refractivity contribution in [3.8, 4) is 5.75 Å². The number of methoxy groups -OCH3 is 1. The fourth-order valence-electron chi connectivity index (χ4n) is 1.90. The molecule has 0 fully saturated rings. The van der Waals surface area contributed by atoms with Gasteiger partial charge in [-0.05, 0) is 38.1 Å². The average molecular weight is 278 g/mol. The second-order valence-electron chi connectivity index (χ2n) is 5.11. The van der Waals surface area contributed by atoms with Crippen LogP contribution in [0, 0.1) is 0 Å². The van der Waals surface area contributed by atoms with Crippen molar-refractivity contribution >= 4 is 5.91 Å². The Kier molecular flexibility index (Phi) is 7.09. The van der Waals surface area contributed by atoms with Crippen LogP contribution in [0.4, 0.5) is 0 Å². The zero-order valence-corrected chi connectivity index (χ0v) is 13.0. The first-order valence-corrected chi connectivity index (χ1v) is 7.16. The molecule has 0 aliphatic heterocycles. The molecule has 1 amide bonds. The van der Waals surface area contributed by atoms with E-state index in [9.17, 15) is 4.79 Å². The molecule has 1 aromatic rings. The Morgan fingerprint density at radius 2 is 2.00 bits per heavy atom. The Labute approximate surface area is 122 Å². The predicted octanol–water partition coefficient (Wildman–Crippen LogP) is 2.08. The van der Waals surface area contributed by atoms with Gasteiger partial charge in [0.25, 0.3) is 0 Å². The molecule has 0 heterocycles. The van der Waals surface area contributed by atoms with Gasteiger partial charge in [0.2, 0.25) is 5.91 Å². The third-order valence-corrected chi connectivity index (χ3v) is 3.65. The zero-order valence-electron chi connectivity index (χ0n) is 13.0. The number of amides is 1. The maximum absolute atomic E-state index is 11.8. The van der Waals surface area contributed by atoms with Crippen LogP contribution in [-0.4, -0.2) is 44.1 Å². The normalized spacial score (nSPS) is 12.2. The van der Waals surface area contributed by atoms with E-state index in [0.29, 0.717) is 19.0 Å². The molecule has 112 valence electrons. The second kappa shape index (κ2) is 8.59. The number of ether oxygens (including phenoxy) is 1. The Hall–Kier alpha value is -1.55. The lowest BCUT2D eigenvalue weighted by atomic mass is 10.1. The fourth-order valence-corrected chi connectivity index (χ4v) is 1.90. The van der Waals surface area contributed by atoms with E-state index in [0.717, 1.165) is 24.3 Å². The number of hydrogen-bond acceptors (Lipinski definition) is 3. The highest BCUT2D eigenvalue weighted by atomic mass is 16.5. The van der Waals surface area contributed by atoms with Crippen molar-refractivity contribution in [2.75, 3.05) is 27.2 Å². The van der Waals surface area contributed by atoms with E-state index in [1.165, 1.54) is 0 Å². The molecule has 0 aliphatic rings. The van der Waals surface area contributed by atoms with Crippen LogP contribution in [0.2, 0.25) is 0 Å². The molecular weight excluding hydrogens is 252 g/mol. The topological polar surface area (TPSA) is 41.6 Å². The van der Waals surface area contributed by atoms with Crippen LogP contribution in [0.25, 0.3) is 0 Å². The molecule has 0 bridgehead atoms. The number of carbonyl (C=O) groups is 1. The maximum atomic E-state index is 11.8. The van der Waals surface area contributed by atoms with Gasteiger partial charge in [-0.1, -0.05) is 19.1 Å². The van der Waals surface area contributed by atoms with Crippen LogP contribution in [0.3, 0.4) is 0 Å². The lowest BCUT2D eigenvalue weighted by molar-refractivity contribution is -0.120. The molecule has 0 aliphatic carbocycles. The second-order valence-corrected chi connectivity index (χ2v) is 5.11. The van der Waals surface area contributed by atoms with Gasteiger partial charge in [-0.3, -0.25) is 4.79 Å². The summed E-state index contributed by atoms with van der Waals surface area (Å²) in [6.07, 6.45) is 1.54. The van der Waals surface area contributed by atoms with E-state index in [1.807, 2.05) is 24.3 Å². The lowest BCUT2D eigenvalue weighted by Gasteiger charge is -2.23. The van der Waals surface area contributed by atoms with Crippen LogP contribution in [0.1, 0.15) is 25.8 Å². The summed E-state index contributed by atoms with van der Waals surface area (Å²) in [6, 6.07) is 8.14. The maximum Gasteiger partial charge on any atom is 0.224 e. The summed E-state index contributed by atoms with van der Waals surface area (Å²) in [4.78, 5) is 14.1. The Morgan fingerprint density at radius 1 is 1.35 bits per heavy atom. The molecule has 1 rings (SSSR count). The van der Waals surface area contributed by atoms with Crippen molar-refractivity contribution in [3.63, 3.8) is 0 Å². The number of likely N-dealkylation sites (N-methyl/N-ethyl adjacent to an activating group) is 1. The molecule has 0 spiro atoms. The van der Waals surface area contributed by atoms with Gasteiger partial charge in [-0.2, -0.15) is 0 Å². The van der Waals surface area contributed by atoms with Crippen molar-refractivity contribution in [3.05, 3.63) is 29.8 Å². The van der Waals surface area contributed by atoms with Gasteiger partial charge in [0, 0.05) is 19.1 Å². The Morgan fingerprint density at radius 3 is 2.55 bits per heavy atom. The van der Waals surface area contributed by atoms with Crippen LogP contribution in [-0.2, 0) is 11.2 Å². The zero-order chi connectivity index (χ0) is 15.0. The van der Waals surface area contributed by atoms with Crippen molar-refractivity contribution in [1.82, 2.24) is 10.2 Å². The molecule has 1 atom stereocenters. The highest BCUT2D eigenvalue weighted by Crippen LogP contribution is 2.11. The summed E-state index contributed by atoms with van der Waals surface area (Å²) in [6.45, 7) is 5.93. The highest BCUT2D eigenvalue weighted by molar-refractivity contribution is 5.78. The fraction of sp³-hybridized carbons (Fsp3) is 0.562. The third-order valence-electron chi connectivity index (χ3n) is 3.65. The van der Waals surface area contributed by atoms with Gasteiger partial charge in [0.1, 0.15) is 5.75 Å². The van der Waals surface area contributed by atoms with E-state index < -0.39 is 0 Å². The summed E-state index contributed by atoms with van der Waals surface area (Å²) in [7, 11) is 3.72. The summed E-state index contributed by atoms with van der Waals surface area (Å²) < 4.78 is 5.09. The standard InChI is InChI=1S/C16H26N2O2/c1-5-13(2)18(3)11-10-17-16(19)12-14-6-8-15(20-4)9-7-14/h6-9,13H,5,10-12H2,1-4H3,(H,17,19)/t13-/m1/s1. The molecule has 1 aromatic carbocycles. The quantitative estimate of drug-likeness (QED) is 0.791.